The van der Waals surface area contributed by atoms with Crippen molar-refractivity contribution in [1.82, 2.24) is 10.3 Å². The van der Waals surface area contributed by atoms with Crippen LogP contribution < -0.4 is 19.5 Å². The van der Waals surface area contributed by atoms with E-state index in [0.29, 0.717) is 25.6 Å². The summed E-state index contributed by atoms with van der Waals surface area (Å²) < 4.78 is 17.2. The first-order valence-corrected chi connectivity index (χ1v) is 9.85. The number of ether oxygens (including phenoxy) is 3. The van der Waals surface area contributed by atoms with Crippen LogP contribution in [0.25, 0.3) is 0 Å². The Bertz CT molecular complexity index is 867. The van der Waals surface area contributed by atoms with Gasteiger partial charge in [-0.05, 0) is 37.6 Å². The van der Waals surface area contributed by atoms with Crippen LogP contribution in [0.2, 0.25) is 0 Å². The van der Waals surface area contributed by atoms with Crippen molar-refractivity contribution in [2.24, 2.45) is 0 Å². The number of para-hydroxylation sites is 1. The van der Waals surface area contributed by atoms with Gasteiger partial charge in [0.2, 0.25) is 5.88 Å². The van der Waals surface area contributed by atoms with E-state index in [4.69, 9.17) is 14.2 Å². The normalized spacial score (nSPS) is 10.6. The zero-order valence-corrected chi connectivity index (χ0v) is 17.1. The average Bonchev–Trinajstić information content (AvgIpc) is 2.76. The second-order valence-electron chi connectivity index (χ2n) is 6.77. The van der Waals surface area contributed by atoms with Gasteiger partial charge in [-0.15, -0.1) is 0 Å². The average molecular weight is 392 g/mol. The van der Waals surface area contributed by atoms with Crippen molar-refractivity contribution >= 4 is 0 Å². The Balaban J connectivity index is 1.49. The molecule has 5 nitrogen and oxygen atoms in total. The molecule has 0 aliphatic heterocycles. The van der Waals surface area contributed by atoms with Crippen LogP contribution in [-0.2, 0) is 13.2 Å². The Hall–Kier alpha value is -3.05. The Morgan fingerprint density at radius 2 is 1.79 bits per heavy atom. The second kappa shape index (κ2) is 11.1. The highest BCUT2D eigenvalue weighted by Crippen LogP contribution is 2.31. The van der Waals surface area contributed by atoms with Crippen molar-refractivity contribution in [2.75, 3.05) is 20.3 Å². The van der Waals surface area contributed by atoms with Crippen molar-refractivity contribution in [1.29, 1.82) is 0 Å². The molecule has 0 amide bonds. The smallest absolute Gasteiger partial charge is 0.213 e. The van der Waals surface area contributed by atoms with E-state index in [1.807, 2.05) is 30.3 Å². The summed E-state index contributed by atoms with van der Waals surface area (Å²) >= 11 is 0. The van der Waals surface area contributed by atoms with E-state index >= 15 is 0 Å². The second-order valence-corrected chi connectivity index (χ2v) is 6.77. The maximum Gasteiger partial charge on any atom is 0.213 e. The van der Waals surface area contributed by atoms with Crippen LogP contribution in [0.1, 0.15) is 23.1 Å². The molecule has 0 fully saturated rings. The van der Waals surface area contributed by atoms with Crippen LogP contribution in [0.4, 0.5) is 0 Å². The summed E-state index contributed by atoms with van der Waals surface area (Å²) in [6, 6.07) is 20.0. The fraction of sp³-hybridized carbons (Fsp3) is 0.292. The predicted molar refractivity (Wildman–Crippen MR) is 115 cm³/mol. The molecular formula is C24H28N2O3. The minimum Gasteiger partial charge on any atom is -0.493 e. The predicted octanol–water partition coefficient (Wildman–Crippen LogP) is 4.54. The van der Waals surface area contributed by atoms with Crippen LogP contribution >= 0.6 is 0 Å². The lowest BCUT2D eigenvalue weighted by molar-refractivity contribution is 0.279. The van der Waals surface area contributed by atoms with E-state index in [-0.39, 0.29) is 0 Å². The highest BCUT2D eigenvalue weighted by Gasteiger charge is 2.11. The maximum absolute atomic E-state index is 6.12. The molecule has 3 rings (SSSR count). The molecule has 1 N–H and O–H groups in total. The minimum atomic E-state index is 0.506. The lowest BCUT2D eigenvalue weighted by Gasteiger charge is -2.16. The molecule has 29 heavy (non-hydrogen) atoms. The fourth-order valence-electron chi connectivity index (χ4n) is 2.89. The number of benzene rings is 2. The molecule has 152 valence electrons. The Labute approximate surface area is 172 Å². The maximum atomic E-state index is 6.12. The van der Waals surface area contributed by atoms with Gasteiger partial charge in [0.15, 0.2) is 11.5 Å². The number of aryl methyl sites for hydroxylation is 1. The Morgan fingerprint density at radius 3 is 2.55 bits per heavy atom. The van der Waals surface area contributed by atoms with Crippen molar-refractivity contribution < 1.29 is 14.2 Å². The number of hydrogen-bond acceptors (Lipinski definition) is 5. The Kier molecular flexibility index (Phi) is 7.90. The molecule has 0 bridgehead atoms. The summed E-state index contributed by atoms with van der Waals surface area (Å²) in [6.45, 7) is 4.74. The third-order valence-corrected chi connectivity index (χ3v) is 4.49. The molecular weight excluding hydrogens is 364 g/mol. The molecule has 5 heteroatoms. The summed E-state index contributed by atoms with van der Waals surface area (Å²) in [5.41, 5.74) is 3.44. The van der Waals surface area contributed by atoms with Gasteiger partial charge < -0.3 is 19.5 Å². The first kappa shape index (κ1) is 20.7. The molecule has 2 aromatic carbocycles. The number of pyridine rings is 1. The molecule has 1 aromatic heterocycles. The van der Waals surface area contributed by atoms with Gasteiger partial charge in [-0.25, -0.2) is 4.98 Å². The quantitative estimate of drug-likeness (QED) is 0.486. The molecule has 0 saturated carbocycles. The van der Waals surface area contributed by atoms with Crippen LogP contribution in [0.15, 0.2) is 66.9 Å². The van der Waals surface area contributed by atoms with Crippen molar-refractivity contribution in [2.45, 2.75) is 26.5 Å². The highest BCUT2D eigenvalue weighted by molar-refractivity contribution is 5.46. The fourth-order valence-corrected chi connectivity index (χ4v) is 2.89. The van der Waals surface area contributed by atoms with Gasteiger partial charge in [-0.3, -0.25) is 0 Å². The van der Waals surface area contributed by atoms with E-state index in [2.05, 4.69) is 47.6 Å². The lowest BCUT2D eigenvalue weighted by Crippen LogP contribution is -2.18. The van der Waals surface area contributed by atoms with Gasteiger partial charge in [-0.1, -0.05) is 48.0 Å². The van der Waals surface area contributed by atoms with Crippen molar-refractivity contribution in [3.05, 3.63) is 83.6 Å². The number of methoxy groups -OCH3 is 1. The van der Waals surface area contributed by atoms with E-state index < -0.39 is 0 Å². The number of rotatable bonds is 11. The SMILES string of the molecule is COc1cccc(CNCCCOc2ccccn2)c1OCc1ccc(C)cc1. The molecule has 0 aliphatic carbocycles. The number of nitrogens with one attached hydrogen (secondary N) is 1. The first-order chi connectivity index (χ1) is 14.3. The van der Waals surface area contributed by atoms with Crippen LogP contribution in [0.5, 0.6) is 17.4 Å². The summed E-state index contributed by atoms with van der Waals surface area (Å²) in [7, 11) is 1.67. The number of aromatic nitrogens is 1. The van der Waals surface area contributed by atoms with E-state index in [9.17, 15) is 0 Å². The summed E-state index contributed by atoms with van der Waals surface area (Å²) in [5, 5.41) is 3.45. The van der Waals surface area contributed by atoms with E-state index in [0.717, 1.165) is 35.6 Å². The van der Waals surface area contributed by atoms with Gasteiger partial charge in [0, 0.05) is 24.4 Å². The van der Waals surface area contributed by atoms with E-state index in [1.165, 1.54) is 5.56 Å². The molecule has 0 spiro atoms. The van der Waals surface area contributed by atoms with Gasteiger partial charge in [0.25, 0.3) is 0 Å². The molecule has 1 heterocycles. The molecule has 0 unspecified atom stereocenters. The van der Waals surface area contributed by atoms with Crippen molar-refractivity contribution in [3.8, 4) is 17.4 Å². The lowest BCUT2D eigenvalue weighted by atomic mass is 10.1. The Morgan fingerprint density at radius 1 is 0.931 bits per heavy atom. The molecule has 0 aliphatic rings. The standard InChI is InChI=1S/C24H28N2O3/c1-19-10-12-20(13-11-19)18-29-24-21(7-5-8-22(24)27-2)17-25-14-6-16-28-23-9-3-4-15-26-23/h3-5,7-13,15,25H,6,14,16-18H2,1-2H3. The van der Waals surface area contributed by atoms with Gasteiger partial charge >= 0.3 is 0 Å². The van der Waals surface area contributed by atoms with Gasteiger partial charge in [0.1, 0.15) is 6.61 Å². The van der Waals surface area contributed by atoms with E-state index in [1.54, 1.807) is 13.3 Å². The third kappa shape index (κ3) is 6.50. The molecule has 0 radical (unpaired) electrons. The highest BCUT2D eigenvalue weighted by atomic mass is 16.5. The van der Waals surface area contributed by atoms with Crippen molar-refractivity contribution in [3.63, 3.8) is 0 Å². The van der Waals surface area contributed by atoms with Gasteiger partial charge in [-0.2, -0.15) is 0 Å². The zero-order chi connectivity index (χ0) is 20.3. The topological polar surface area (TPSA) is 52.6 Å². The summed E-state index contributed by atoms with van der Waals surface area (Å²) in [4.78, 5) is 4.15. The van der Waals surface area contributed by atoms with Crippen LogP contribution in [-0.4, -0.2) is 25.2 Å². The molecule has 0 atom stereocenters. The van der Waals surface area contributed by atoms with Crippen LogP contribution in [0, 0.1) is 6.92 Å². The third-order valence-electron chi connectivity index (χ3n) is 4.49. The van der Waals surface area contributed by atoms with Crippen LogP contribution in [0.3, 0.4) is 0 Å². The largest absolute Gasteiger partial charge is 0.493 e. The molecule has 0 saturated heterocycles. The summed E-state index contributed by atoms with van der Waals surface area (Å²) in [5.74, 6) is 2.19. The number of hydrogen-bond donors (Lipinski definition) is 1. The monoisotopic (exact) mass is 392 g/mol. The zero-order valence-electron chi connectivity index (χ0n) is 17.1. The minimum absolute atomic E-state index is 0.506. The molecule has 3 aromatic rings. The van der Waals surface area contributed by atoms with Gasteiger partial charge in [0.05, 0.1) is 13.7 Å². The summed E-state index contributed by atoms with van der Waals surface area (Å²) in [6.07, 6.45) is 2.62. The first-order valence-electron chi connectivity index (χ1n) is 9.85. The number of nitrogens with zero attached hydrogens (tertiary/aromatic N) is 1.